The van der Waals surface area contributed by atoms with Gasteiger partial charge in [-0.1, -0.05) is 60.7 Å². The van der Waals surface area contributed by atoms with Crippen molar-refractivity contribution >= 4 is 12.0 Å². The molecule has 6 heteroatoms. The van der Waals surface area contributed by atoms with E-state index >= 15 is 0 Å². The molecule has 0 atom stereocenters. The average Bonchev–Trinajstić information content (AvgIpc) is 2.69. The fraction of sp³-hybridized carbons (Fsp3) is 0.300. The second-order valence-electron chi connectivity index (χ2n) is 5.81. The maximum atomic E-state index is 12.2. The number of hydroxylamine groups is 1. The number of benzene rings is 2. The quantitative estimate of drug-likeness (QED) is 0.712. The van der Waals surface area contributed by atoms with Gasteiger partial charge in [0.1, 0.15) is 0 Å². The zero-order valence-corrected chi connectivity index (χ0v) is 14.6. The number of nitrogens with zero attached hydrogens (tertiary/aromatic N) is 1. The van der Waals surface area contributed by atoms with E-state index in [9.17, 15) is 9.59 Å². The monoisotopic (exact) mass is 356 g/mol. The molecular weight excluding hydrogens is 332 g/mol. The van der Waals surface area contributed by atoms with E-state index in [1.165, 1.54) is 4.90 Å². The van der Waals surface area contributed by atoms with Crippen molar-refractivity contribution in [3.8, 4) is 0 Å². The molecule has 2 rings (SSSR count). The maximum absolute atomic E-state index is 12.2. The highest BCUT2D eigenvalue weighted by Gasteiger charge is 2.15. The fourth-order valence-electron chi connectivity index (χ4n) is 2.45. The summed E-state index contributed by atoms with van der Waals surface area (Å²) in [4.78, 5) is 30.2. The lowest BCUT2D eigenvalue weighted by Crippen LogP contribution is -2.43. The number of carbonyl (C=O) groups is 2. The number of hydrogen-bond donors (Lipinski definition) is 2. The molecule has 0 aliphatic rings. The van der Waals surface area contributed by atoms with Gasteiger partial charge in [-0.3, -0.25) is 0 Å². The molecule has 0 spiro atoms. The topological polar surface area (TPSA) is 78.9 Å². The van der Waals surface area contributed by atoms with Crippen LogP contribution < -0.4 is 5.48 Å². The second kappa shape index (κ2) is 10.9. The summed E-state index contributed by atoms with van der Waals surface area (Å²) in [6.45, 7) is 0.419. The standard InChI is InChI=1S/C20H24N2O4/c23-16-15-22(14-13-18-9-5-2-6-10-18)20(25)21-26-19(24)12-11-17-7-3-1-4-8-17/h1-10,23H,11-16H2,(H,21,25). The summed E-state index contributed by atoms with van der Waals surface area (Å²) in [6, 6.07) is 18.8. The predicted molar refractivity (Wildman–Crippen MR) is 98.2 cm³/mol. The van der Waals surface area contributed by atoms with E-state index in [1.54, 1.807) is 0 Å². The number of carbonyl (C=O) groups excluding carboxylic acids is 2. The van der Waals surface area contributed by atoms with E-state index in [1.807, 2.05) is 60.7 Å². The van der Waals surface area contributed by atoms with Crippen molar-refractivity contribution in [2.45, 2.75) is 19.3 Å². The van der Waals surface area contributed by atoms with Gasteiger partial charge in [-0.25, -0.2) is 9.59 Å². The molecular formula is C20H24N2O4. The van der Waals surface area contributed by atoms with Crippen LogP contribution in [0, 0.1) is 0 Å². The molecule has 0 saturated heterocycles. The van der Waals surface area contributed by atoms with Gasteiger partial charge in [0.15, 0.2) is 0 Å². The number of aryl methyl sites for hydroxylation is 1. The molecule has 6 nitrogen and oxygen atoms in total. The molecule has 0 unspecified atom stereocenters. The number of aliphatic hydroxyl groups is 1. The molecule has 0 bridgehead atoms. The van der Waals surface area contributed by atoms with Crippen LogP contribution in [0.4, 0.5) is 4.79 Å². The van der Waals surface area contributed by atoms with Gasteiger partial charge in [0.05, 0.1) is 13.0 Å². The van der Waals surface area contributed by atoms with Gasteiger partial charge in [0, 0.05) is 13.1 Å². The minimum absolute atomic E-state index is 0.163. The third-order valence-electron chi connectivity index (χ3n) is 3.88. The SMILES string of the molecule is O=C(CCc1ccccc1)ONC(=O)N(CCO)CCc1ccccc1. The van der Waals surface area contributed by atoms with Gasteiger partial charge >= 0.3 is 12.0 Å². The lowest BCUT2D eigenvalue weighted by molar-refractivity contribution is -0.149. The van der Waals surface area contributed by atoms with Crippen LogP contribution in [-0.2, 0) is 22.5 Å². The molecule has 0 fully saturated rings. The summed E-state index contributed by atoms with van der Waals surface area (Å²) in [5.41, 5.74) is 4.28. The summed E-state index contributed by atoms with van der Waals surface area (Å²) in [5, 5.41) is 9.14. The summed E-state index contributed by atoms with van der Waals surface area (Å²) in [5.74, 6) is -0.505. The first-order chi connectivity index (χ1) is 12.7. The van der Waals surface area contributed by atoms with Crippen molar-refractivity contribution < 1.29 is 19.5 Å². The molecule has 26 heavy (non-hydrogen) atoms. The minimum Gasteiger partial charge on any atom is -0.395 e. The van der Waals surface area contributed by atoms with Gasteiger partial charge in [0.2, 0.25) is 0 Å². The first-order valence-corrected chi connectivity index (χ1v) is 8.62. The molecule has 0 aromatic heterocycles. The molecule has 0 radical (unpaired) electrons. The van der Waals surface area contributed by atoms with Crippen LogP contribution in [0.15, 0.2) is 60.7 Å². The first-order valence-electron chi connectivity index (χ1n) is 8.62. The van der Waals surface area contributed by atoms with E-state index in [4.69, 9.17) is 9.94 Å². The van der Waals surface area contributed by atoms with Crippen molar-refractivity contribution in [1.29, 1.82) is 0 Å². The van der Waals surface area contributed by atoms with Gasteiger partial charge in [-0.15, -0.1) is 0 Å². The van der Waals surface area contributed by atoms with Crippen LogP contribution >= 0.6 is 0 Å². The van der Waals surface area contributed by atoms with E-state index in [0.29, 0.717) is 19.4 Å². The molecule has 0 heterocycles. The Labute approximate surface area is 153 Å². The second-order valence-corrected chi connectivity index (χ2v) is 5.81. The van der Waals surface area contributed by atoms with Crippen molar-refractivity contribution in [1.82, 2.24) is 10.4 Å². The van der Waals surface area contributed by atoms with Gasteiger partial charge in [-0.05, 0) is 24.0 Å². The lowest BCUT2D eigenvalue weighted by atomic mass is 10.1. The summed E-state index contributed by atoms with van der Waals surface area (Å²) in [6.07, 6.45) is 1.37. The van der Waals surface area contributed by atoms with Crippen LogP contribution in [0.25, 0.3) is 0 Å². The van der Waals surface area contributed by atoms with Crippen molar-refractivity contribution in [2.24, 2.45) is 0 Å². The number of nitrogens with one attached hydrogen (secondary N) is 1. The van der Waals surface area contributed by atoms with Crippen LogP contribution in [0.5, 0.6) is 0 Å². The molecule has 0 aliphatic carbocycles. The Bertz CT molecular complexity index is 677. The number of rotatable bonds is 8. The Morgan fingerprint density at radius 3 is 2.04 bits per heavy atom. The zero-order chi connectivity index (χ0) is 18.6. The molecule has 2 N–H and O–H groups in total. The van der Waals surface area contributed by atoms with E-state index in [0.717, 1.165) is 11.1 Å². The largest absolute Gasteiger partial charge is 0.395 e. The molecule has 0 saturated carbocycles. The van der Waals surface area contributed by atoms with Gasteiger partial charge in [0.25, 0.3) is 0 Å². The molecule has 0 aliphatic heterocycles. The van der Waals surface area contributed by atoms with Gasteiger partial charge in [-0.2, -0.15) is 5.48 Å². The number of aliphatic hydroxyl groups excluding tert-OH is 1. The smallest absolute Gasteiger partial charge is 0.350 e. The normalized spacial score (nSPS) is 10.2. The highest BCUT2D eigenvalue weighted by atomic mass is 16.7. The van der Waals surface area contributed by atoms with Crippen LogP contribution in [0.3, 0.4) is 0 Å². The lowest BCUT2D eigenvalue weighted by Gasteiger charge is -2.21. The highest BCUT2D eigenvalue weighted by molar-refractivity contribution is 5.76. The van der Waals surface area contributed by atoms with E-state index in [2.05, 4.69) is 5.48 Å². The summed E-state index contributed by atoms with van der Waals surface area (Å²) < 4.78 is 0. The Hall–Kier alpha value is -2.86. The molecule has 138 valence electrons. The molecule has 2 amide bonds. The van der Waals surface area contributed by atoms with Crippen molar-refractivity contribution in [3.63, 3.8) is 0 Å². The average molecular weight is 356 g/mol. The minimum atomic E-state index is -0.539. The van der Waals surface area contributed by atoms with Crippen LogP contribution in [0.1, 0.15) is 17.5 Å². The maximum Gasteiger partial charge on any atom is 0.350 e. The predicted octanol–water partition coefficient (Wildman–Crippen LogP) is 2.32. The zero-order valence-electron chi connectivity index (χ0n) is 14.6. The number of urea groups is 1. The fourth-order valence-corrected chi connectivity index (χ4v) is 2.45. The Balaban J connectivity index is 1.74. The highest BCUT2D eigenvalue weighted by Crippen LogP contribution is 2.04. The summed E-state index contributed by atoms with van der Waals surface area (Å²) >= 11 is 0. The molecule has 2 aromatic rings. The Morgan fingerprint density at radius 1 is 0.885 bits per heavy atom. The number of hydrogen-bond acceptors (Lipinski definition) is 4. The van der Waals surface area contributed by atoms with E-state index in [-0.39, 0.29) is 19.6 Å². The first kappa shape index (κ1) is 19.5. The third kappa shape index (κ3) is 6.94. The number of amides is 2. The van der Waals surface area contributed by atoms with Gasteiger partial charge < -0.3 is 14.8 Å². The third-order valence-corrected chi connectivity index (χ3v) is 3.88. The molecule has 2 aromatic carbocycles. The van der Waals surface area contributed by atoms with Crippen molar-refractivity contribution in [3.05, 3.63) is 71.8 Å². The van der Waals surface area contributed by atoms with Crippen LogP contribution in [-0.4, -0.2) is 41.7 Å². The Kier molecular flexibility index (Phi) is 8.15. The van der Waals surface area contributed by atoms with Crippen molar-refractivity contribution in [2.75, 3.05) is 19.7 Å². The van der Waals surface area contributed by atoms with E-state index < -0.39 is 12.0 Å². The summed E-state index contributed by atoms with van der Waals surface area (Å²) in [7, 11) is 0. The Morgan fingerprint density at radius 2 is 1.46 bits per heavy atom. The van der Waals surface area contributed by atoms with Crippen LogP contribution in [0.2, 0.25) is 0 Å².